The first-order valence-corrected chi connectivity index (χ1v) is 11.8. The van der Waals surface area contributed by atoms with E-state index < -0.39 is 16.9 Å². The van der Waals surface area contributed by atoms with Crippen molar-refractivity contribution in [3.8, 4) is 11.4 Å². The van der Waals surface area contributed by atoms with Gasteiger partial charge in [0.25, 0.3) is 5.69 Å². The Balaban J connectivity index is 1.86. The number of nitrogens with zero attached hydrogens (tertiary/aromatic N) is 4. The lowest BCUT2D eigenvalue weighted by molar-refractivity contribution is -0.384. The molecule has 0 saturated carbocycles. The molecule has 2 aromatic heterocycles. The third kappa shape index (κ3) is 4.61. The van der Waals surface area contributed by atoms with E-state index in [0.717, 1.165) is 22.6 Å². The largest absolute Gasteiger partial charge is 0.496 e. The van der Waals surface area contributed by atoms with E-state index in [0.29, 0.717) is 16.5 Å². The quantitative estimate of drug-likeness (QED) is 0.209. The number of nitro groups is 1. The number of hydrogen-bond donors (Lipinski definition) is 1. The van der Waals surface area contributed by atoms with Crippen LogP contribution in [0.4, 0.5) is 5.69 Å². The van der Waals surface area contributed by atoms with Gasteiger partial charge >= 0.3 is 5.97 Å². The first-order valence-electron chi connectivity index (χ1n) is 11.4. The highest BCUT2D eigenvalue weighted by atomic mass is 32.1. The highest BCUT2D eigenvalue weighted by Gasteiger charge is 2.42. The summed E-state index contributed by atoms with van der Waals surface area (Å²) in [5.41, 5.74) is 3.55. The van der Waals surface area contributed by atoms with E-state index in [2.05, 4.69) is 10.3 Å². The number of hydrogen-bond acceptors (Lipinski definition) is 7. The maximum atomic E-state index is 12.5. The number of thiocarbonyl (C=S) groups is 1. The number of pyridine rings is 1. The Morgan fingerprint density at radius 1 is 1.25 bits per heavy atom. The fourth-order valence-electron chi connectivity index (χ4n) is 4.68. The predicted molar refractivity (Wildman–Crippen MR) is 137 cm³/mol. The van der Waals surface area contributed by atoms with Crippen molar-refractivity contribution in [2.75, 3.05) is 20.3 Å². The number of rotatable bonds is 8. The third-order valence-corrected chi connectivity index (χ3v) is 6.56. The van der Waals surface area contributed by atoms with Crippen LogP contribution in [0.1, 0.15) is 41.7 Å². The van der Waals surface area contributed by atoms with Crippen molar-refractivity contribution < 1.29 is 19.2 Å². The molecule has 1 saturated heterocycles. The van der Waals surface area contributed by atoms with Gasteiger partial charge in [-0.1, -0.05) is 6.07 Å². The van der Waals surface area contributed by atoms with E-state index in [1.165, 1.54) is 13.2 Å². The minimum absolute atomic E-state index is 0.0416. The molecule has 3 heterocycles. The number of benzene rings is 1. The average molecular weight is 510 g/mol. The first kappa shape index (κ1) is 25.1. The molecule has 0 radical (unpaired) electrons. The summed E-state index contributed by atoms with van der Waals surface area (Å²) in [5, 5.41) is 15.6. The number of carbonyl (C=O) groups is 1. The monoisotopic (exact) mass is 509 g/mol. The Bertz CT molecular complexity index is 1310. The molecule has 0 unspecified atom stereocenters. The summed E-state index contributed by atoms with van der Waals surface area (Å²) in [4.78, 5) is 30.3. The van der Waals surface area contributed by atoms with Crippen LogP contribution in [0.25, 0.3) is 5.69 Å². The van der Waals surface area contributed by atoms with Gasteiger partial charge in [-0.15, -0.1) is 0 Å². The summed E-state index contributed by atoms with van der Waals surface area (Å²) in [6.07, 6.45) is 1.70. The van der Waals surface area contributed by atoms with Gasteiger partial charge in [0.1, 0.15) is 18.0 Å². The van der Waals surface area contributed by atoms with Crippen LogP contribution in [0, 0.1) is 24.0 Å². The van der Waals surface area contributed by atoms with Crippen LogP contribution in [0.15, 0.2) is 48.7 Å². The highest BCUT2D eigenvalue weighted by molar-refractivity contribution is 7.80. The molecule has 4 rings (SSSR count). The molecule has 10 nitrogen and oxygen atoms in total. The first-order chi connectivity index (χ1) is 17.3. The second-order valence-corrected chi connectivity index (χ2v) is 8.72. The maximum absolute atomic E-state index is 12.5. The number of ether oxygens (including phenoxy) is 2. The van der Waals surface area contributed by atoms with Crippen LogP contribution in [0.2, 0.25) is 0 Å². The van der Waals surface area contributed by atoms with Gasteiger partial charge in [0.05, 0.1) is 42.5 Å². The predicted octanol–water partition coefficient (Wildman–Crippen LogP) is 3.94. The van der Waals surface area contributed by atoms with Gasteiger partial charge in [-0.3, -0.25) is 19.9 Å². The minimum Gasteiger partial charge on any atom is -0.496 e. The van der Waals surface area contributed by atoms with Gasteiger partial charge in [-0.05, 0) is 68.9 Å². The molecular weight excluding hydrogens is 482 g/mol. The molecule has 2 atom stereocenters. The lowest BCUT2D eigenvalue weighted by Gasteiger charge is -2.27. The molecule has 1 aromatic carbocycles. The van der Waals surface area contributed by atoms with Gasteiger partial charge in [-0.25, -0.2) is 0 Å². The van der Waals surface area contributed by atoms with Gasteiger partial charge in [0.2, 0.25) is 0 Å². The van der Waals surface area contributed by atoms with E-state index in [1.54, 1.807) is 30.2 Å². The highest BCUT2D eigenvalue weighted by Crippen LogP contribution is 2.42. The molecule has 3 aromatic rings. The van der Waals surface area contributed by atoms with Gasteiger partial charge in [0, 0.05) is 17.6 Å². The van der Waals surface area contributed by atoms with Crippen LogP contribution in [0.3, 0.4) is 0 Å². The number of aryl methyl sites for hydroxylation is 1. The van der Waals surface area contributed by atoms with Crippen molar-refractivity contribution in [3.05, 3.63) is 81.4 Å². The van der Waals surface area contributed by atoms with Gasteiger partial charge < -0.3 is 24.3 Å². The van der Waals surface area contributed by atoms with Crippen LogP contribution in [-0.4, -0.2) is 50.7 Å². The molecule has 0 amide bonds. The van der Waals surface area contributed by atoms with Crippen molar-refractivity contribution >= 4 is 29.0 Å². The van der Waals surface area contributed by atoms with Crippen molar-refractivity contribution in [2.24, 2.45) is 0 Å². The second-order valence-electron chi connectivity index (χ2n) is 8.33. The van der Waals surface area contributed by atoms with E-state index in [-0.39, 0.29) is 24.9 Å². The number of nitro benzene ring substituents is 1. The van der Waals surface area contributed by atoms with E-state index in [1.807, 2.05) is 42.7 Å². The second kappa shape index (κ2) is 10.3. The van der Waals surface area contributed by atoms with E-state index in [4.69, 9.17) is 21.7 Å². The van der Waals surface area contributed by atoms with E-state index >= 15 is 0 Å². The van der Waals surface area contributed by atoms with Gasteiger partial charge in [0.15, 0.2) is 5.11 Å². The summed E-state index contributed by atoms with van der Waals surface area (Å²) in [5.74, 6) is 0.00206. The zero-order valence-electron chi connectivity index (χ0n) is 20.4. The van der Waals surface area contributed by atoms with Crippen LogP contribution >= 0.6 is 12.2 Å². The Morgan fingerprint density at radius 2 is 2.03 bits per heavy atom. The summed E-state index contributed by atoms with van der Waals surface area (Å²) in [6.45, 7) is 5.76. The minimum atomic E-state index is -0.424. The zero-order valence-corrected chi connectivity index (χ0v) is 21.2. The number of methoxy groups -OCH3 is 1. The summed E-state index contributed by atoms with van der Waals surface area (Å²) in [6, 6.07) is 11.6. The van der Waals surface area contributed by atoms with Crippen molar-refractivity contribution in [3.63, 3.8) is 0 Å². The lowest BCUT2D eigenvalue weighted by Crippen LogP contribution is -2.35. The SMILES string of the molecule is CCOC(=O)CN1C(=S)N[C@H](c2ccccn2)[C@@H]1c1cc(C)n(-c2ccc(OC)cc2[N+](=O)[O-])c1C. The maximum Gasteiger partial charge on any atom is 0.325 e. The molecule has 1 aliphatic rings. The summed E-state index contributed by atoms with van der Waals surface area (Å²) < 4.78 is 12.2. The molecule has 36 heavy (non-hydrogen) atoms. The van der Waals surface area contributed by atoms with E-state index in [9.17, 15) is 14.9 Å². The molecule has 1 N–H and O–H groups in total. The van der Waals surface area contributed by atoms with Crippen molar-refractivity contribution in [1.82, 2.24) is 19.8 Å². The molecule has 0 spiro atoms. The molecule has 1 fully saturated rings. The normalized spacial score (nSPS) is 17.1. The van der Waals surface area contributed by atoms with Crippen LogP contribution in [0.5, 0.6) is 5.75 Å². The molecular formula is C25H27N5O5S. The Morgan fingerprint density at radius 3 is 2.67 bits per heavy atom. The van der Waals surface area contributed by atoms with Crippen LogP contribution < -0.4 is 10.1 Å². The van der Waals surface area contributed by atoms with Gasteiger partial charge in [-0.2, -0.15) is 0 Å². The standard InChI is InChI=1S/C25H27N5O5S/c1-5-35-22(31)14-28-24(23(27-25(28)36)19-8-6-7-11-26-19)18-12-15(2)29(16(18)3)20-10-9-17(34-4)13-21(20)30(32)33/h6-13,23-24H,5,14H2,1-4H3,(H,27,36)/t23-,24+/m1/s1. The fraction of sp³-hybridized carbons (Fsp3) is 0.320. The Hall–Kier alpha value is -3.99. The number of nitrogens with one attached hydrogen (secondary N) is 1. The smallest absolute Gasteiger partial charge is 0.325 e. The number of aromatic nitrogens is 2. The lowest BCUT2D eigenvalue weighted by atomic mass is 9.97. The third-order valence-electron chi connectivity index (χ3n) is 6.21. The summed E-state index contributed by atoms with van der Waals surface area (Å²) >= 11 is 5.63. The fourth-order valence-corrected chi connectivity index (χ4v) is 4.99. The topological polar surface area (TPSA) is 112 Å². The zero-order chi connectivity index (χ0) is 26.0. The average Bonchev–Trinajstić information content (AvgIpc) is 3.34. The molecule has 0 aliphatic carbocycles. The number of carbonyl (C=O) groups excluding carboxylic acids is 1. The Kier molecular flexibility index (Phi) is 7.20. The van der Waals surface area contributed by atoms with Crippen molar-refractivity contribution in [1.29, 1.82) is 0 Å². The molecule has 188 valence electrons. The molecule has 1 aliphatic heterocycles. The number of esters is 1. The summed E-state index contributed by atoms with van der Waals surface area (Å²) in [7, 11) is 1.47. The van der Waals surface area contributed by atoms with Crippen molar-refractivity contribution in [2.45, 2.75) is 32.9 Å². The van der Waals surface area contributed by atoms with Crippen LogP contribution in [-0.2, 0) is 9.53 Å². The Labute approximate surface area is 214 Å². The molecule has 11 heteroatoms. The molecule has 0 bridgehead atoms.